The van der Waals surface area contributed by atoms with Gasteiger partial charge in [0.15, 0.2) is 0 Å². The molecule has 1 aromatic rings. The number of nitrogens with zero attached hydrogens (tertiary/aromatic N) is 1. The first kappa shape index (κ1) is 21.6. The van der Waals surface area contributed by atoms with E-state index in [2.05, 4.69) is 45.2 Å². The van der Waals surface area contributed by atoms with E-state index in [-0.39, 0.29) is 0 Å². The van der Waals surface area contributed by atoms with E-state index < -0.39 is 10.3 Å². The van der Waals surface area contributed by atoms with Crippen molar-refractivity contribution < 1.29 is 4.18 Å². The van der Waals surface area contributed by atoms with E-state index in [9.17, 15) is 0 Å². The first-order valence-corrected chi connectivity index (χ1v) is 9.62. The Labute approximate surface area is 127 Å². The molecule has 0 aromatic carbocycles. The fourth-order valence-electron chi connectivity index (χ4n) is 0.844. The Kier molecular flexibility index (Phi) is 11.8. The molecule has 120 valence electrons. The number of pyridine rings is 1. The maximum Gasteiger partial charge on any atom is 0.123 e. The topological polar surface area (TPSA) is 48.1 Å². The summed E-state index contributed by atoms with van der Waals surface area (Å²) in [5.41, 5.74) is 5.25. The van der Waals surface area contributed by atoms with E-state index >= 15 is 0 Å². The van der Waals surface area contributed by atoms with Crippen molar-refractivity contribution in [3.05, 3.63) is 24.4 Å². The van der Waals surface area contributed by atoms with Gasteiger partial charge < -0.3 is 9.92 Å². The first-order chi connectivity index (χ1) is 9.20. The quantitative estimate of drug-likeness (QED) is 0.865. The first-order valence-electron chi connectivity index (χ1n) is 7.24. The van der Waals surface area contributed by atoms with Crippen LogP contribution in [0.2, 0.25) is 0 Å². The van der Waals surface area contributed by atoms with Gasteiger partial charge in [0.05, 0.1) is 6.61 Å². The summed E-state index contributed by atoms with van der Waals surface area (Å²) in [5.74, 6) is 0.572. The van der Waals surface area contributed by atoms with Gasteiger partial charge in [0.25, 0.3) is 0 Å². The summed E-state index contributed by atoms with van der Waals surface area (Å²) in [4.78, 5) is 3.76. The molecule has 0 aliphatic carbocycles. The summed E-state index contributed by atoms with van der Waals surface area (Å²) in [6, 6.07) is 5.43. The second-order valence-electron chi connectivity index (χ2n) is 5.42. The van der Waals surface area contributed by atoms with E-state index in [1.165, 1.54) is 0 Å². The van der Waals surface area contributed by atoms with Crippen molar-refractivity contribution in [1.29, 1.82) is 0 Å². The lowest BCUT2D eigenvalue weighted by molar-refractivity contribution is 0.349. The summed E-state index contributed by atoms with van der Waals surface area (Å²) < 4.78 is 6.13. The van der Waals surface area contributed by atoms with Crippen LogP contribution in [0, 0.1) is 0 Å². The van der Waals surface area contributed by atoms with Gasteiger partial charge in [-0.15, -0.1) is 10.3 Å². The van der Waals surface area contributed by atoms with Crippen LogP contribution < -0.4 is 5.73 Å². The number of anilines is 1. The zero-order chi connectivity index (χ0) is 16.2. The molecule has 0 bridgehead atoms. The normalized spacial score (nSPS) is 11.6. The molecule has 0 radical (unpaired) electrons. The molecular formula is C16H34N2OS. The molecule has 0 unspecified atom stereocenters. The lowest BCUT2D eigenvalue weighted by Crippen LogP contribution is -2.25. The number of rotatable bonds is 3. The highest BCUT2D eigenvalue weighted by molar-refractivity contribution is 8.29. The van der Waals surface area contributed by atoms with Crippen LogP contribution in [0.4, 0.5) is 5.82 Å². The van der Waals surface area contributed by atoms with Crippen molar-refractivity contribution >= 4 is 16.1 Å². The minimum atomic E-state index is -0.860. The Bertz CT molecular complexity index is 321. The maximum absolute atomic E-state index is 5.83. The average Bonchev–Trinajstić information content (AvgIpc) is 2.39. The van der Waals surface area contributed by atoms with Crippen molar-refractivity contribution in [3.8, 4) is 0 Å². The van der Waals surface area contributed by atoms with Crippen molar-refractivity contribution in [3.63, 3.8) is 0 Å². The summed E-state index contributed by atoms with van der Waals surface area (Å²) >= 11 is 0. The fourth-order valence-corrected chi connectivity index (χ4v) is 1.78. The van der Waals surface area contributed by atoms with Gasteiger partial charge in [-0.05, 0) is 31.1 Å². The maximum atomic E-state index is 5.83. The van der Waals surface area contributed by atoms with Crippen molar-refractivity contribution in [1.82, 2.24) is 4.98 Å². The van der Waals surface area contributed by atoms with Crippen LogP contribution >= 0.6 is 10.3 Å². The van der Waals surface area contributed by atoms with E-state index in [1.807, 2.05) is 26.0 Å². The highest BCUT2D eigenvalue weighted by Crippen LogP contribution is 2.53. The van der Waals surface area contributed by atoms with Crippen LogP contribution in [0.1, 0.15) is 48.0 Å². The molecule has 2 N–H and O–H groups in total. The molecule has 0 saturated carbocycles. The molecule has 0 aliphatic heterocycles. The molecule has 0 saturated heterocycles. The van der Waals surface area contributed by atoms with E-state index in [0.717, 1.165) is 13.0 Å². The fraction of sp³-hybridized carbons (Fsp3) is 0.688. The number of nitrogen functional groups attached to an aromatic ring is 1. The number of nitrogens with two attached hydrogens (primary N) is 1. The SMILES string of the molecule is CC.CCCOS(C)(C)C(C)(C)C.Nc1ccccn1. The third kappa shape index (κ3) is 10.1. The standard InChI is InChI=1S/C9H22OS.C5H6N2.C2H6/c1-7-8-10-11(5,6)9(2,3)4;6-5-3-1-2-4-7-5;1-2/h7-8H2,1-6H3;1-4H,(H2,6,7);1-2H3. The summed E-state index contributed by atoms with van der Waals surface area (Å²) in [7, 11) is -0.860. The molecule has 3 nitrogen and oxygen atoms in total. The van der Waals surface area contributed by atoms with Crippen LogP contribution in [0.3, 0.4) is 0 Å². The van der Waals surface area contributed by atoms with Crippen LogP contribution in [0.5, 0.6) is 0 Å². The van der Waals surface area contributed by atoms with Crippen LogP contribution in [-0.4, -0.2) is 28.8 Å². The van der Waals surface area contributed by atoms with Crippen molar-refractivity contribution in [2.75, 3.05) is 24.9 Å². The Morgan fingerprint density at radius 2 is 1.75 bits per heavy atom. The zero-order valence-electron chi connectivity index (χ0n) is 14.6. The summed E-state index contributed by atoms with van der Waals surface area (Å²) in [6.07, 6.45) is 7.26. The number of hydrogen-bond donors (Lipinski definition) is 1. The Balaban J connectivity index is 0. The van der Waals surface area contributed by atoms with Gasteiger partial charge in [0.2, 0.25) is 0 Å². The number of aromatic nitrogens is 1. The van der Waals surface area contributed by atoms with E-state index in [1.54, 1.807) is 12.3 Å². The molecule has 0 fully saturated rings. The molecule has 4 heteroatoms. The third-order valence-electron chi connectivity index (χ3n) is 2.74. The van der Waals surface area contributed by atoms with E-state index in [0.29, 0.717) is 10.6 Å². The molecule has 1 heterocycles. The molecule has 0 atom stereocenters. The van der Waals surface area contributed by atoms with Crippen LogP contribution in [-0.2, 0) is 4.18 Å². The van der Waals surface area contributed by atoms with Gasteiger partial charge in [0, 0.05) is 10.9 Å². The second kappa shape index (κ2) is 11.0. The highest BCUT2D eigenvalue weighted by Gasteiger charge is 2.28. The largest absolute Gasteiger partial charge is 0.384 e. The zero-order valence-corrected chi connectivity index (χ0v) is 15.4. The molecule has 1 rings (SSSR count). The minimum absolute atomic E-state index is 0.308. The van der Waals surface area contributed by atoms with Crippen LogP contribution in [0.15, 0.2) is 24.4 Å². The Morgan fingerprint density at radius 3 is 2.00 bits per heavy atom. The molecule has 0 amide bonds. The monoisotopic (exact) mass is 302 g/mol. The lowest BCUT2D eigenvalue weighted by Gasteiger charge is -2.43. The Hall–Kier alpha value is -0.740. The lowest BCUT2D eigenvalue weighted by atomic mass is 10.3. The van der Waals surface area contributed by atoms with Gasteiger partial charge in [0.1, 0.15) is 5.82 Å². The van der Waals surface area contributed by atoms with Crippen molar-refractivity contribution in [2.24, 2.45) is 0 Å². The predicted molar refractivity (Wildman–Crippen MR) is 95.4 cm³/mol. The molecule has 20 heavy (non-hydrogen) atoms. The highest BCUT2D eigenvalue weighted by atomic mass is 32.3. The molecule has 0 spiro atoms. The van der Waals surface area contributed by atoms with Crippen LogP contribution in [0.25, 0.3) is 0 Å². The molecule has 0 aliphatic rings. The number of hydrogen-bond acceptors (Lipinski definition) is 3. The summed E-state index contributed by atoms with van der Waals surface area (Å²) in [5, 5.41) is 0. The molecule has 1 aromatic heterocycles. The Morgan fingerprint density at radius 1 is 1.20 bits per heavy atom. The predicted octanol–water partition coefficient (Wildman–Crippen LogP) is 4.88. The second-order valence-corrected chi connectivity index (χ2v) is 9.35. The summed E-state index contributed by atoms with van der Waals surface area (Å²) in [6.45, 7) is 13.8. The van der Waals surface area contributed by atoms with Gasteiger partial charge >= 0.3 is 0 Å². The van der Waals surface area contributed by atoms with Gasteiger partial charge in [-0.1, -0.05) is 47.6 Å². The van der Waals surface area contributed by atoms with Gasteiger partial charge in [-0.25, -0.2) is 4.98 Å². The minimum Gasteiger partial charge on any atom is -0.384 e. The van der Waals surface area contributed by atoms with E-state index in [4.69, 9.17) is 9.92 Å². The smallest absolute Gasteiger partial charge is 0.123 e. The average molecular weight is 303 g/mol. The third-order valence-corrected chi connectivity index (χ3v) is 6.45. The van der Waals surface area contributed by atoms with Gasteiger partial charge in [-0.2, -0.15) is 0 Å². The van der Waals surface area contributed by atoms with Gasteiger partial charge in [-0.3, -0.25) is 0 Å². The molecular weight excluding hydrogens is 268 g/mol. The van der Waals surface area contributed by atoms with Crippen molar-refractivity contribution in [2.45, 2.75) is 52.7 Å².